The Kier molecular flexibility index (Phi) is 4.08. The molecule has 0 amide bonds. The van der Waals surface area contributed by atoms with E-state index < -0.39 is 0 Å². The van der Waals surface area contributed by atoms with Crippen LogP contribution in [0.25, 0.3) is 0 Å². The Bertz CT molecular complexity index is 255. The van der Waals surface area contributed by atoms with Crippen LogP contribution in [0.5, 0.6) is 0 Å². The zero-order chi connectivity index (χ0) is 11.5. The molecule has 86 valence electrons. The normalized spacial score (nSPS) is 22.3. The van der Waals surface area contributed by atoms with Crippen molar-refractivity contribution in [3.63, 3.8) is 0 Å². The summed E-state index contributed by atoms with van der Waals surface area (Å²) in [7, 11) is 0. The number of nitrogens with two attached hydrogens (primary N) is 1. The zero-order valence-electron chi connectivity index (χ0n) is 9.84. The van der Waals surface area contributed by atoms with Gasteiger partial charge in [0.2, 0.25) is 0 Å². The van der Waals surface area contributed by atoms with E-state index in [2.05, 4.69) is 31.3 Å². The van der Waals surface area contributed by atoms with E-state index in [4.69, 9.17) is 18.0 Å². The van der Waals surface area contributed by atoms with Gasteiger partial charge < -0.3 is 5.73 Å². The molecule has 15 heavy (non-hydrogen) atoms. The highest BCUT2D eigenvalue weighted by molar-refractivity contribution is 7.80. The predicted octanol–water partition coefficient (Wildman–Crippen LogP) is 2.41. The van der Waals surface area contributed by atoms with Gasteiger partial charge in [-0.05, 0) is 49.2 Å². The Balaban J connectivity index is 2.42. The minimum absolute atomic E-state index is 0.250. The van der Waals surface area contributed by atoms with E-state index in [1.165, 1.54) is 18.6 Å². The molecule has 1 fully saturated rings. The highest BCUT2D eigenvalue weighted by Gasteiger charge is 2.27. The summed E-state index contributed by atoms with van der Waals surface area (Å²) in [6.07, 6.45) is 4.58. The minimum Gasteiger partial charge on any atom is -0.375 e. The van der Waals surface area contributed by atoms with Gasteiger partial charge in [0, 0.05) is 5.71 Å². The average molecular weight is 227 g/mol. The van der Waals surface area contributed by atoms with Crippen LogP contribution < -0.4 is 11.2 Å². The number of nitrogens with one attached hydrogen (secondary N) is 1. The summed E-state index contributed by atoms with van der Waals surface area (Å²) >= 11 is 4.71. The van der Waals surface area contributed by atoms with Gasteiger partial charge >= 0.3 is 0 Å². The summed E-state index contributed by atoms with van der Waals surface area (Å²) in [4.78, 5) is 0. The van der Waals surface area contributed by atoms with Gasteiger partial charge in [0.15, 0.2) is 5.11 Å². The van der Waals surface area contributed by atoms with E-state index in [9.17, 15) is 0 Å². The Morgan fingerprint density at radius 1 is 1.40 bits per heavy atom. The van der Waals surface area contributed by atoms with Crippen molar-refractivity contribution in [2.45, 2.75) is 46.5 Å². The molecule has 0 heterocycles. The van der Waals surface area contributed by atoms with Crippen molar-refractivity contribution >= 4 is 23.0 Å². The zero-order valence-corrected chi connectivity index (χ0v) is 10.7. The van der Waals surface area contributed by atoms with Crippen molar-refractivity contribution in [3.05, 3.63) is 0 Å². The van der Waals surface area contributed by atoms with E-state index in [0.717, 1.165) is 18.8 Å². The molecule has 0 unspecified atom stereocenters. The molecule has 0 aromatic carbocycles. The van der Waals surface area contributed by atoms with Crippen molar-refractivity contribution in [2.24, 2.45) is 22.2 Å². The number of thiocarbonyl (C=S) groups is 1. The van der Waals surface area contributed by atoms with Gasteiger partial charge in [0.05, 0.1) is 0 Å². The molecule has 1 aliphatic rings. The van der Waals surface area contributed by atoms with Gasteiger partial charge in [0.1, 0.15) is 0 Å². The molecule has 0 aliphatic heterocycles. The molecule has 1 saturated carbocycles. The van der Waals surface area contributed by atoms with E-state index in [1.54, 1.807) is 0 Å². The largest absolute Gasteiger partial charge is 0.375 e. The van der Waals surface area contributed by atoms with Gasteiger partial charge in [-0.3, -0.25) is 5.43 Å². The van der Waals surface area contributed by atoms with E-state index in [1.807, 2.05) is 0 Å². The first kappa shape index (κ1) is 12.4. The Morgan fingerprint density at radius 2 is 1.93 bits per heavy atom. The number of rotatable bonds is 1. The SMILES string of the molecule is CC(C)(C)C1CCC(=NNC(N)=S)CC1. The second-order valence-electron chi connectivity index (χ2n) is 5.29. The maximum absolute atomic E-state index is 5.32. The van der Waals surface area contributed by atoms with Crippen molar-refractivity contribution in [1.29, 1.82) is 0 Å². The van der Waals surface area contributed by atoms with Crippen LogP contribution in [0.1, 0.15) is 46.5 Å². The van der Waals surface area contributed by atoms with Crippen LogP contribution in [0, 0.1) is 11.3 Å². The molecule has 1 rings (SSSR count). The predicted molar refractivity (Wildman–Crippen MR) is 68.8 cm³/mol. The third-order valence-corrected chi connectivity index (χ3v) is 3.20. The lowest BCUT2D eigenvalue weighted by Gasteiger charge is -2.34. The quantitative estimate of drug-likeness (QED) is 0.534. The van der Waals surface area contributed by atoms with E-state index >= 15 is 0 Å². The van der Waals surface area contributed by atoms with Crippen LogP contribution in [-0.4, -0.2) is 10.8 Å². The third-order valence-electron chi connectivity index (χ3n) is 3.11. The fraction of sp³-hybridized carbons (Fsp3) is 0.818. The smallest absolute Gasteiger partial charge is 0.184 e. The molecule has 0 spiro atoms. The van der Waals surface area contributed by atoms with Crippen LogP contribution in [0.3, 0.4) is 0 Å². The summed E-state index contributed by atoms with van der Waals surface area (Å²) < 4.78 is 0. The first-order chi connectivity index (χ1) is 6.89. The summed E-state index contributed by atoms with van der Waals surface area (Å²) in [5, 5.41) is 4.45. The third kappa shape index (κ3) is 4.16. The Morgan fingerprint density at radius 3 is 2.33 bits per heavy atom. The Labute approximate surface area is 97.5 Å². The van der Waals surface area contributed by atoms with Crippen LogP contribution >= 0.6 is 12.2 Å². The average Bonchev–Trinajstić information content (AvgIpc) is 2.14. The lowest BCUT2D eigenvalue weighted by molar-refractivity contribution is 0.208. The highest BCUT2D eigenvalue weighted by atomic mass is 32.1. The van der Waals surface area contributed by atoms with Crippen LogP contribution in [0.15, 0.2) is 5.10 Å². The number of hydrogen-bond acceptors (Lipinski definition) is 2. The van der Waals surface area contributed by atoms with Crippen molar-refractivity contribution in [3.8, 4) is 0 Å². The summed E-state index contributed by atoms with van der Waals surface area (Å²) in [5.74, 6) is 0.807. The lowest BCUT2D eigenvalue weighted by atomic mass is 9.72. The lowest BCUT2D eigenvalue weighted by Crippen LogP contribution is -2.29. The van der Waals surface area contributed by atoms with Gasteiger partial charge in [-0.25, -0.2) is 0 Å². The van der Waals surface area contributed by atoms with Crippen molar-refractivity contribution < 1.29 is 0 Å². The number of hydrogen-bond donors (Lipinski definition) is 2. The highest BCUT2D eigenvalue weighted by Crippen LogP contribution is 2.36. The molecule has 3 N–H and O–H groups in total. The molecule has 0 atom stereocenters. The van der Waals surface area contributed by atoms with Gasteiger partial charge in [-0.1, -0.05) is 20.8 Å². The van der Waals surface area contributed by atoms with Crippen LogP contribution in [-0.2, 0) is 0 Å². The summed E-state index contributed by atoms with van der Waals surface area (Å²) in [5.41, 5.74) is 9.60. The molecule has 4 heteroatoms. The standard InChI is InChI=1S/C11H21N3S/c1-11(2,3)8-4-6-9(7-5-8)13-14-10(12)15/h8H,4-7H2,1-3H3,(H3,12,14,15). The van der Waals surface area contributed by atoms with Crippen molar-refractivity contribution in [1.82, 2.24) is 5.43 Å². The fourth-order valence-electron chi connectivity index (χ4n) is 2.06. The Hall–Kier alpha value is -0.640. The molecule has 0 radical (unpaired) electrons. The molecule has 3 nitrogen and oxygen atoms in total. The maximum Gasteiger partial charge on any atom is 0.184 e. The second-order valence-corrected chi connectivity index (χ2v) is 5.73. The van der Waals surface area contributed by atoms with Gasteiger partial charge in [0.25, 0.3) is 0 Å². The summed E-state index contributed by atoms with van der Waals surface area (Å²) in [6, 6.07) is 0. The molecular weight excluding hydrogens is 206 g/mol. The van der Waals surface area contributed by atoms with E-state index in [0.29, 0.717) is 5.41 Å². The molecule has 0 aromatic heterocycles. The minimum atomic E-state index is 0.250. The van der Waals surface area contributed by atoms with Crippen LogP contribution in [0.4, 0.5) is 0 Å². The molecule has 0 aromatic rings. The molecule has 0 bridgehead atoms. The maximum atomic E-state index is 5.32. The van der Waals surface area contributed by atoms with E-state index in [-0.39, 0.29) is 5.11 Å². The molecule has 1 aliphatic carbocycles. The molecular formula is C11H21N3S. The first-order valence-electron chi connectivity index (χ1n) is 5.50. The van der Waals surface area contributed by atoms with Crippen molar-refractivity contribution in [2.75, 3.05) is 0 Å². The van der Waals surface area contributed by atoms with Crippen LogP contribution in [0.2, 0.25) is 0 Å². The topological polar surface area (TPSA) is 50.4 Å². The monoisotopic (exact) mass is 227 g/mol. The summed E-state index contributed by atoms with van der Waals surface area (Å²) in [6.45, 7) is 6.94. The second kappa shape index (κ2) is 4.92. The van der Waals surface area contributed by atoms with Gasteiger partial charge in [-0.15, -0.1) is 0 Å². The first-order valence-corrected chi connectivity index (χ1v) is 5.91. The fourth-order valence-corrected chi connectivity index (χ4v) is 2.11. The number of nitrogens with zero attached hydrogens (tertiary/aromatic N) is 1. The number of hydrazone groups is 1. The molecule has 0 saturated heterocycles. The van der Waals surface area contributed by atoms with Gasteiger partial charge in [-0.2, -0.15) is 5.10 Å².